The SMILES string of the molecule is COc1cccc(NC(=O)CCc2cocn2)c1. The molecule has 18 heavy (non-hydrogen) atoms. The third-order valence-corrected chi connectivity index (χ3v) is 2.45. The van der Waals surface area contributed by atoms with Crippen molar-refractivity contribution >= 4 is 11.6 Å². The van der Waals surface area contributed by atoms with Gasteiger partial charge < -0.3 is 14.5 Å². The van der Waals surface area contributed by atoms with Crippen molar-refractivity contribution in [3.63, 3.8) is 0 Å². The number of methoxy groups -OCH3 is 1. The van der Waals surface area contributed by atoms with Crippen molar-refractivity contribution < 1.29 is 13.9 Å². The highest BCUT2D eigenvalue weighted by Gasteiger charge is 2.05. The molecule has 0 aliphatic rings. The zero-order chi connectivity index (χ0) is 12.8. The van der Waals surface area contributed by atoms with E-state index in [4.69, 9.17) is 9.15 Å². The van der Waals surface area contributed by atoms with Crippen molar-refractivity contribution in [2.24, 2.45) is 0 Å². The minimum Gasteiger partial charge on any atom is -0.497 e. The molecule has 5 nitrogen and oxygen atoms in total. The molecule has 0 saturated carbocycles. The Balaban J connectivity index is 1.86. The Labute approximate surface area is 105 Å². The van der Waals surface area contributed by atoms with Crippen LogP contribution in [0.2, 0.25) is 0 Å². The van der Waals surface area contributed by atoms with E-state index < -0.39 is 0 Å². The van der Waals surface area contributed by atoms with Gasteiger partial charge in [0.15, 0.2) is 6.39 Å². The summed E-state index contributed by atoms with van der Waals surface area (Å²) in [6.07, 6.45) is 3.82. The van der Waals surface area contributed by atoms with Gasteiger partial charge in [-0.2, -0.15) is 0 Å². The number of hydrogen-bond donors (Lipinski definition) is 1. The average molecular weight is 246 g/mol. The highest BCUT2D eigenvalue weighted by Crippen LogP contribution is 2.16. The lowest BCUT2D eigenvalue weighted by Gasteiger charge is -2.06. The molecule has 0 fully saturated rings. The predicted molar refractivity (Wildman–Crippen MR) is 66.4 cm³/mol. The van der Waals surface area contributed by atoms with Crippen molar-refractivity contribution in [3.05, 3.63) is 42.6 Å². The number of hydrogen-bond acceptors (Lipinski definition) is 4. The van der Waals surface area contributed by atoms with Crippen LogP contribution in [0.15, 0.2) is 41.3 Å². The number of benzene rings is 1. The van der Waals surface area contributed by atoms with Gasteiger partial charge in [-0.3, -0.25) is 4.79 Å². The second-order valence-electron chi connectivity index (χ2n) is 3.76. The number of carbonyl (C=O) groups is 1. The van der Waals surface area contributed by atoms with E-state index in [-0.39, 0.29) is 5.91 Å². The van der Waals surface area contributed by atoms with Gasteiger partial charge in [-0.05, 0) is 12.1 Å². The molecule has 0 aliphatic carbocycles. The van der Waals surface area contributed by atoms with E-state index in [0.717, 1.165) is 11.4 Å². The molecule has 0 unspecified atom stereocenters. The van der Waals surface area contributed by atoms with Crippen LogP contribution in [-0.2, 0) is 11.2 Å². The predicted octanol–water partition coefficient (Wildman–Crippen LogP) is 2.25. The molecule has 2 aromatic rings. The number of amides is 1. The summed E-state index contributed by atoms with van der Waals surface area (Å²) in [5.74, 6) is 0.649. The summed E-state index contributed by atoms with van der Waals surface area (Å²) in [7, 11) is 1.59. The highest BCUT2D eigenvalue weighted by atomic mass is 16.5. The second-order valence-corrected chi connectivity index (χ2v) is 3.76. The Morgan fingerprint density at radius 2 is 2.39 bits per heavy atom. The fourth-order valence-corrected chi connectivity index (χ4v) is 1.53. The standard InChI is InChI=1S/C13H14N2O3/c1-17-12-4-2-3-10(7-12)15-13(16)6-5-11-8-18-9-14-11/h2-4,7-9H,5-6H2,1H3,(H,15,16). The molecular weight excluding hydrogens is 232 g/mol. The van der Waals surface area contributed by atoms with E-state index in [1.807, 2.05) is 18.2 Å². The first-order valence-electron chi connectivity index (χ1n) is 5.59. The molecule has 0 radical (unpaired) electrons. The molecular formula is C13H14N2O3. The molecule has 1 amide bonds. The van der Waals surface area contributed by atoms with Crippen molar-refractivity contribution in [1.29, 1.82) is 0 Å². The molecule has 0 spiro atoms. The van der Waals surface area contributed by atoms with E-state index in [1.54, 1.807) is 19.4 Å². The smallest absolute Gasteiger partial charge is 0.224 e. The van der Waals surface area contributed by atoms with E-state index in [2.05, 4.69) is 10.3 Å². The van der Waals surface area contributed by atoms with Crippen LogP contribution < -0.4 is 10.1 Å². The summed E-state index contributed by atoms with van der Waals surface area (Å²) in [6.45, 7) is 0. The van der Waals surface area contributed by atoms with Crippen molar-refractivity contribution in [3.8, 4) is 5.75 Å². The van der Waals surface area contributed by atoms with Crippen LogP contribution in [0.4, 0.5) is 5.69 Å². The number of carbonyl (C=O) groups excluding carboxylic acids is 1. The van der Waals surface area contributed by atoms with Gasteiger partial charge in [-0.15, -0.1) is 0 Å². The summed E-state index contributed by atoms with van der Waals surface area (Å²) < 4.78 is 9.92. The van der Waals surface area contributed by atoms with Gasteiger partial charge in [-0.25, -0.2) is 4.98 Å². The number of aromatic nitrogens is 1. The molecule has 5 heteroatoms. The van der Waals surface area contributed by atoms with E-state index in [9.17, 15) is 4.79 Å². The number of rotatable bonds is 5. The molecule has 1 aromatic heterocycles. The lowest BCUT2D eigenvalue weighted by atomic mass is 10.2. The van der Waals surface area contributed by atoms with Gasteiger partial charge in [0.05, 0.1) is 12.8 Å². The fraction of sp³-hybridized carbons (Fsp3) is 0.231. The number of nitrogens with zero attached hydrogens (tertiary/aromatic N) is 1. The summed E-state index contributed by atoms with van der Waals surface area (Å²) in [5.41, 5.74) is 1.50. The van der Waals surface area contributed by atoms with Gasteiger partial charge in [0.25, 0.3) is 0 Å². The maximum atomic E-state index is 11.7. The second kappa shape index (κ2) is 5.86. The zero-order valence-corrected chi connectivity index (χ0v) is 10.1. The molecule has 0 atom stereocenters. The van der Waals surface area contributed by atoms with Crippen molar-refractivity contribution in [1.82, 2.24) is 4.98 Å². The molecule has 1 N–H and O–H groups in total. The summed E-state index contributed by atoms with van der Waals surface area (Å²) in [6, 6.07) is 7.24. The molecule has 1 heterocycles. The molecule has 94 valence electrons. The van der Waals surface area contributed by atoms with Crippen molar-refractivity contribution in [2.75, 3.05) is 12.4 Å². The van der Waals surface area contributed by atoms with Gasteiger partial charge in [0.1, 0.15) is 12.0 Å². The van der Waals surface area contributed by atoms with Crippen LogP contribution in [-0.4, -0.2) is 18.0 Å². The minimum absolute atomic E-state index is 0.0637. The van der Waals surface area contributed by atoms with Crippen LogP contribution >= 0.6 is 0 Å². The minimum atomic E-state index is -0.0637. The average Bonchev–Trinajstić information content (AvgIpc) is 2.90. The monoisotopic (exact) mass is 246 g/mol. The summed E-state index contributed by atoms with van der Waals surface area (Å²) >= 11 is 0. The molecule has 0 aliphatic heterocycles. The summed E-state index contributed by atoms with van der Waals surface area (Å²) in [4.78, 5) is 15.7. The topological polar surface area (TPSA) is 64.4 Å². The lowest BCUT2D eigenvalue weighted by Crippen LogP contribution is -2.12. The summed E-state index contributed by atoms with van der Waals surface area (Å²) in [5, 5.41) is 2.80. The van der Waals surface area contributed by atoms with Crippen LogP contribution in [0.3, 0.4) is 0 Å². The number of oxazole rings is 1. The number of anilines is 1. The Morgan fingerprint density at radius 1 is 1.50 bits per heavy atom. The highest BCUT2D eigenvalue weighted by molar-refractivity contribution is 5.90. The van der Waals surface area contributed by atoms with Crippen LogP contribution in [0, 0.1) is 0 Å². The molecule has 2 rings (SSSR count). The van der Waals surface area contributed by atoms with Gasteiger partial charge in [0, 0.05) is 24.6 Å². The number of nitrogens with one attached hydrogen (secondary N) is 1. The Kier molecular flexibility index (Phi) is 3.96. The lowest BCUT2D eigenvalue weighted by molar-refractivity contribution is -0.116. The van der Waals surface area contributed by atoms with E-state index in [0.29, 0.717) is 18.6 Å². The van der Waals surface area contributed by atoms with Gasteiger partial charge in [0.2, 0.25) is 5.91 Å². The van der Waals surface area contributed by atoms with Gasteiger partial charge >= 0.3 is 0 Å². The maximum absolute atomic E-state index is 11.7. The van der Waals surface area contributed by atoms with Crippen molar-refractivity contribution in [2.45, 2.75) is 12.8 Å². The third kappa shape index (κ3) is 3.35. The third-order valence-electron chi connectivity index (χ3n) is 2.45. The van der Waals surface area contributed by atoms with Gasteiger partial charge in [-0.1, -0.05) is 6.07 Å². The normalized spacial score (nSPS) is 10.1. The van der Waals surface area contributed by atoms with Crippen LogP contribution in [0.1, 0.15) is 12.1 Å². The van der Waals surface area contributed by atoms with E-state index in [1.165, 1.54) is 6.39 Å². The fourth-order valence-electron chi connectivity index (χ4n) is 1.53. The Morgan fingerprint density at radius 3 is 3.11 bits per heavy atom. The molecule has 0 bridgehead atoms. The maximum Gasteiger partial charge on any atom is 0.224 e. The quantitative estimate of drug-likeness (QED) is 0.878. The van der Waals surface area contributed by atoms with Crippen LogP contribution in [0.5, 0.6) is 5.75 Å². The zero-order valence-electron chi connectivity index (χ0n) is 10.1. The Bertz CT molecular complexity index is 509. The largest absolute Gasteiger partial charge is 0.497 e. The molecule has 1 aromatic carbocycles. The number of ether oxygens (including phenoxy) is 1. The van der Waals surface area contributed by atoms with Crippen LogP contribution in [0.25, 0.3) is 0 Å². The van der Waals surface area contributed by atoms with E-state index >= 15 is 0 Å². The number of aryl methyl sites for hydroxylation is 1. The first-order valence-corrected chi connectivity index (χ1v) is 5.59. The Hall–Kier alpha value is -2.30. The first-order chi connectivity index (χ1) is 8.78. The first kappa shape index (κ1) is 12.2. The molecule has 0 saturated heterocycles.